The van der Waals surface area contributed by atoms with E-state index < -0.39 is 22.6 Å². The lowest BCUT2D eigenvalue weighted by molar-refractivity contribution is -0.390. The standard InChI is InChI=1S/C15H14BrN7O5/c1-2-22-7-9(11(21-22)14(24)17-6-8-4-3-5-28-8)18-15(25)12-10(16)13(20-19-12)23(26)27/h3-5,7H,2,6H2,1H3,(H,17,24)(H,18,25)(H,19,20). The van der Waals surface area contributed by atoms with Gasteiger partial charge < -0.3 is 25.2 Å². The molecule has 3 rings (SSSR count). The third-order valence-electron chi connectivity index (χ3n) is 3.64. The van der Waals surface area contributed by atoms with Gasteiger partial charge in [-0.25, -0.2) is 0 Å². The van der Waals surface area contributed by atoms with E-state index in [1.54, 1.807) is 12.1 Å². The number of nitro groups is 1. The number of aromatic amines is 1. The van der Waals surface area contributed by atoms with Crippen LogP contribution in [0.4, 0.5) is 11.5 Å². The van der Waals surface area contributed by atoms with Crippen molar-refractivity contribution in [2.24, 2.45) is 0 Å². The Bertz CT molecular complexity index is 1020. The van der Waals surface area contributed by atoms with E-state index in [0.29, 0.717) is 12.3 Å². The molecule has 0 saturated carbocycles. The first-order chi connectivity index (χ1) is 13.4. The van der Waals surface area contributed by atoms with Gasteiger partial charge in [0, 0.05) is 12.7 Å². The molecule has 0 bridgehead atoms. The molecule has 3 N–H and O–H groups in total. The van der Waals surface area contributed by atoms with Crippen molar-refractivity contribution in [1.82, 2.24) is 25.3 Å². The van der Waals surface area contributed by atoms with Crippen LogP contribution in [0, 0.1) is 10.1 Å². The largest absolute Gasteiger partial charge is 0.467 e. The fourth-order valence-electron chi connectivity index (χ4n) is 2.28. The van der Waals surface area contributed by atoms with Crippen molar-refractivity contribution >= 4 is 39.2 Å². The SMILES string of the molecule is CCn1cc(NC(=O)c2n[nH]c([N+](=O)[O-])c2Br)c(C(=O)NCc2ccco2)n1. The van der Waals surface area contributed by atoms with Crippen molar-refractivity contribution in [1.29, 1.82) is 0 Å². The summed E-state index contributed by atoms with van der Waals surface area (Å²) in [5.74, 6) is -1.16. The molecule has 0 spiro atoms. The van der Waals surface area contributed by atoms with Crippen molar-refractivity contribution < 1.29 is 18.9 Å². The molecular formula is C15H14BrN7O5. The molecule has 0 unspecified atom stereocenters. The molecule has 0 aromatic carbocycles. The Labute approximate surface area is 165 Å². The number of hydrogen-bond donors (Lipinski definition) is 3. The summed E-state index contributed by atoms with van der Waals surface area (Å²) in [5, 5.41) is 26.0. The van der Waals surface area contributed by atoms with E-state index in [9.17, 15) is 19.7 Å². The molecule has 28 heavy (non-hydrogen) atoms. The zero-order valence-electron chi connectivity index (χ0n) is 14.4. The summed E-state index contributed by atoms with van der Waals surface area (Å²) in [4.78, 5) is 35.1. The van der Waals surface area contributed by atoms with Crippen LogP contribution >= 0.6 is 15.9 Å². The van der Waals surface area contributed by atoms with Crippen molar-refractivity contribution in [2.45, 2.75) is 20.0 Å². The van der Waals surface area contributed by atoms with Gasteiger partial charge in [0.15, 0.2) is 11.4 Å². The highest BCUT2D eigenvalue weighted by molar-refractivity contribution is 9.10. The van der Waals surface area contributed by atoms with Crippen LogP contribution < -0.4 is 10.6 Å². The second-order valence-electron chi connectivity index (χ2n) is 5.46. The summed E-state index contributed by atoms with van der Waals surface area (Å²) in [5.41, 5.74) is -0.0952. The number of carbonyl (C=O) groups is 2. The van der Waals surface area contributed by atoms with Crippen LogP contribution in [0.15, 0.2) is 33.5 Å². The Morgan fingerprint density at radius 2 is 2.18 bits per heavy atom. The molecule has 0 atom stereocenters. The molecule has 12 nitrogen and oxygen atoms in total. The summed E-state index contributed by atoms with van der Waals surface area (Å²) in [6.07, 6.45) is 2.97. The van der Waals surface area contributed by atoms with Gasteiger partial charge in [-0.3, -0.25) is 14.3 Å². The molecule has 0 aliphatic rings. The topological polar surface area (TPSA) is 161 Å². The Hall–Kier alpha value is -3.48. The maximum absolute atomic E-state index is 12.5. The number of furan rings is 1. The van der Waals surface area contributed by atoms with Gasteiger partial charge in [-0.05, 0) is 39.9 Å². The maximum atomic E-state index is 12.5. The highest BCUT2D eigenvalue weighted by Crippen LogP contribution is 2.26. The Balaban J connectivity index is 1.79. The summed E-state index contributed by atoms with van der Waals surface area (Å²) in [6.45, 7) is 2.43. The molecule has 0 aliphatic heterocycles. The zero-order chi connectivity index (χ0) is 20.3. The van der Waals surface area contributed by atoms with Crippen molar-refractivity contribution in [3.8, 4) is 0 Å². The van der Waals surface area contributed by atoms with Crippen molar-refractivity contribution in [3.63, 3.8) is 0 Å². The third-order valence-corrected chi connectivity index (χ3v) is 4.39. The van der Waals surface area contributed by atoms with E-state index in [1.165, 1.54) is 17.1 Å². The third kappa shape index (κ3) is 3.93. The van der Waals surface area contributed by atoms with Gasteiger partial charge in [0.2, 0.25) is 0 Å². The first-order valence-electron chi connectivity index (χ1n) is 7.98. The number of rotatable bonds is 7. The van der Waals surface area contributed by atoms with Gasteiger partial charge in [-0.1, -0.05) is 5.10 Å². The van der Waals surface area contributed by atoms with Crippen LogP contribution in [-0.2, 0) is 13.1 Å². The highest BCUT2D eigenvalue weighted by atomic mass is 79.9. The Kier molecular flexibility index (Phi) is 5.54. The second kappa shape index (κ2) is 8.04. The van der Waals surface area contributed by atoms with Gasteiger partial charge in [0.1, 0.15) is 10.2 Å². The maximum Gasteiger partial charge on any atom is 0.357 e. The fraction of sp³-hybridized carbons (Fsp3) is 0.200. The first-order valence-corrected chi connectivity index (χ1v) is 8.77. The number of aromatic nitrogens is 4. The van der Waals surface area contributed by atoms with Crippen LogP contribution in [0.5, 0.6) is 0 Å². The van der Waals surface area contributed by atoms with E-state index in [1.807, 2.05) is 6.92 Å². The predicted octanol–water partition coefficient (Wildman–Crippen LogP) is 2.07. The van der Waals surface area contributed by atoms with E-state index in [4.69, 9.17) is 4.42 Å². The number of amides is 2. The molecule has 146 valence electrons. The summed E-state index contributed by atoms with van der Waals surface area (Å²) < 4.78 is 6.53. The number of hydrogen-bond acceptors (Lipinski definition) is 7. The van der Waals surface area contributed by atoms with Crippen LogP contribution in [0.25, 0.3) is 0 Å². The molecule has 3 aromatic rings. The minimum atomic E-state index is -0.744. The normalized spacial score (nSPS) is 10.6. The van der Waals surface area contributed by atoms with E-state index in [2.05, 4.69) is 41.9 Å². The highest BCUT2D eigenvalue weighted by Gasteiger charge is 2.26. The van der Waals surface area contributed by atoms with Crippen LogP contribution in [0.2, 0.25) is 0 Å². The quantitative estimate of drug-likeness (QED) is 0.365. The van der Waals surface area contributed by atoms with Gasteiger partial charge in [-0.2, -0.15) is 5.10 Å². The number of anilines is 1. The number of carbonyl (C=O) groups excluding carboxylic acids is 2. The van der Waals surface area contributed by atoms with Gasteiger partial charge in [-0.15, -0.1) is 5.10 Å². The summed E-state index contributed by atoms with van der Waals surface area (Å²) in [6, 6.07) is 3.40. The molecule has 3 aromatic heterocycles. The molecule has 0 radical (unpaired) electrons. The van der Waals surface area contributed by atoms with E-state index in [0.717, 1.165) is 0 Å². The fourth-order valence-corrected chi connectivity index (χ4v) is 2.78. The average Bonchev–Trinajstić information content (AvgIpc) is 3.39. The van der Waals surface area contributed by atoms with Crippen molar-refractivity contribution in [2.75, 3.05) is 5.32 Å². The molecule has 3 heterocycles. The van der Waals surface area contributed by atoms with E-state index >= 15 is 0 Å². The Morgan fingerprint density at radius 1 is 1.39 bits per heavy atom. The molecule has 0 saturated heterocycles. The lowest BCUT2D eigenvalue weighted by Gasteiger charge is -2.04. The second-order valence-corrected chi connectivity index (χ2v) is 6.25. The van der Waals surface area contributed by atoms with Gasteiger partial charge in [0.05, 0.1) is 18.5 Å². The monoisotopic (exact) mass is 451 g/mol. The van der Waals surface area contributed by atoms with Crippen LogP contribution in [0.3, 0.4) is 0 Å². The minimum absolute atomic E-state index is 0.0112. The average molecular weight is 452 g/mol. The van der Waals surface area contributed by atoms with Gasteiger partial charge in [0.25, 0.3) is 11.8 Å². The van der Waals surface area contributed by atoms with Crippen molar-refractivity contribution in [3.05, 3.63) is 56.3 Å². The number of nitrogens with zero attached hydrogens (tertiary/aromatic N) is 4. The number of halogens is 1. The molecule has 2 amide bonds. The zero-order valence-corrected chi connectivity index (χ0v) is 16.0. The summed E-state index contributed by atoms with van der Waals surface area (Å²) >= 11 is 2.97. The van der Waals surface area contributed by atoms with Gasteiger partial charge >= 0.3 is 5.82 Å². The molecular weight excluding hydrogens is 438 g/mol. The number of aryl methyl sites for hydroxylation is 1. The lowest BCUT2D eigenvalue weighted by atomic mass is 10.3. The lowest BCUT2D eigenvalue weighted by Crippen LogP contribution is -2.25. The smallest absolute Gasteiger partial charge is 0.357 e. The first kappa shape index (κ1) is 19.3. The van der Waals surface area contributed by atoms with Crippen LogP contribution in [0.1, 0.15) is 33.7 Å². The Morgan fingerprint density at radius 3 is 2.79 bits per heavy atom. The molecule has 13 heteroatoms. The molecule has 0 aliphatic carbocycles. The predicted molar refractivity (Wildman–Crippen MR) is 98.7 cm³/mol. The minimum Gasteiger partial charge on any atom is -0.467 e. The molecule has 0 fully saturated rings. The summed E-state index contributed by atoms with van der Waals surface area (Å²) in [7, 11) is 0. The number of H-pyrrole nitrogens is 1. The number of nitrogens with one attached hydrogen (secondary N) is 3. The van der Waals surface area contributed by atoms with E-state index in [-0.39, 0.29) is 28.1 Å². The van der Waals surface area contributed by atoms with Crippen LogP contribution in [-0.4, -0.2) is 36.7 Å².